The zero-order chi connectivity index (χ0) is 20.3. The average molecular weight is 449 g/mol. The number of ether oxygens (including phenoxy) is 3. The molecule has 0 aromatic heterocycles. The Bertz CT molecular complexity index is 833. The molecule has 1 aliphatic rings. The maximum Gasteiger partial charge on any atom is 0.254 e. The van der Waals surface area contributed by atoms with Crippen molar-refractivity contribution in [2.45, 2.75) is 13.0 Å². The van der Waals surface area contributed by atoms with E-state index in [1.165, 1.54) is 0 Å². The van der Waals surface area contributed by atoms with Crippen LogP contribution in [-0.2, 0) is 0 Å². The smallest absolute Gasteiger partial charge is 0.254 e. The van der Waals surface area contributed by atoms with Crippen LogP contribution in [-0.4, -0.2) is 57.8 Å². The summed E-state index contributed by atoms with van der Waals surface area (Å²) in [5, 5.41) is 0. The van der Waals surface area contributed by atoms with E-state index in [0.29, 0.717) is 28.1 Å². The van der Waals surface area contributed by atoms with Crippen LogP contribution >= 0.6 is 15.9 Å². The van der Waals surface area contributed by atoms with Gasteiger partial charge in [-0.25, -0.2) is 0 Å². The number of nitrogens with zero attached hydrogens (tertiary/aromatic N) is 2. The van der Waals surface area contributed by atoms with Gasteiger partial charge in [0.05, 0.1) is 33.0 Å². The predicted octanol–water partition coefficient (Wildman–Crippen LogP) is 3.83. The molecule has 0 N–H and O–H groups in total. The van der Waals surface area contributed by atoms with Gasteiger partial charge in [0.15, 0.2) is 0 Å². The summed E-state index contributed by atoms with van der Waals surface area (Å²) >= 11 is 3.43. The van der Waals surface area contributed by atoms with Gasteiger partial charge in [-0.1, -0.05) is 12.1 Å². The number of anilines is 1. The summed E-state index contributed by atoms with van der Waals surface area (Å²) in [4.78, 5) is 16.9. The Labute approximate surface area is 174 Å². The van der Waals surface area contributed by atoms with Crippen LogP contribution in [0.25, 0.3) is 0 Å². The van der Waals surface area contributed by atoms with Crippen LogP contribution < -0.4 is 19.1 Å². The van der Waals surface area contributed by atoms with Crippen molar-refractivity contribution in [3.8, 4) is 17.2 Å². The lowest BCUT2D eigenvalue weighted by Crippen LogP contribution is -2.46. The summed E-state index contributed by atoms with van der Waals surface area (Å²) in [6, 6.07) is 11.4. The predicted molar refractivity (Wildman–Crippen MR) is 113 cm³/mol. The monoisotopic (exact) mass is 448 g/mol. The van der Waals surface area contributed by atoms with Crippen LogP contribution in [0.2, 0.25) is 0 Å². The molecule has 0 saturated heterocycles. The number of rotatable bonds is 6. The maximum absolute atomic E-state index is 13.0. The van der Waals surface area contributed by atoms with E-state index in [1.807, 2.05) is 18.2 Å². The van der Waals surface area contributed by atoms with Gasteiger partial charge in [-0.15, -0.1) is 0 Å². The lowest BCUT2D eigenvalue weighted by Gasteiger charge is -2.37. The van der Waals surface area contributed by atoms with Crippen molar-refractivity contribution in [2.75, 3.05) is 45.8 Å². The van der Waals surface area contributed by atoms with E-state index in [1.54, 1.807) is 38.3 Å². The van der Waals surface area contributed by atoms with Gasteiger partial charge in [0.1, 0.15) is 27.8 Å². The fourth-order valence-electron chi connectivity index (χ4n) is 3.38. The Morgan fingerprint density at radius 2 is 1.89 bits per heavy atom. The second kappa shape index (κ2) is 8.73. The highest BCUT2D eigenvalue weighted by Gasteiger charge is 2.27. The molecule has 0 fully saturated rings. The van der Waals surface area contributed by atoms with Gasteiger partial charge in [0.25, 0.3) is 5.91 Å². The number of amides is 1. The molecule has 2 aromatic rings. The van der Waals surface area contributed by atoms with E-state index in [9.17, 15) is 4.79 Å². The number of fused-ring (bicyclic) bond motifs is 1. The molecule has 1 unspecified atom stereocenters. The molecule has 0 bridgehead atoms. The number of halogens is 1. The summed E-state index contributed by atoms with van der Waals surface area (Å²) in [6.07, 6.45) is -0.108. The minimum absolute atomic E-state index is 0.108. The third-order valence-corrected chi connectivity index (χ3v) is 5.60. The summed E-state index contributed by atoms with van der Waals surface area (Å²) in [5.41, 5.74) is 1.60. The first kappa shape index (κ1) is 20.3. The Morgan fingerprint density at radius 3 is 2.50 bits per heavy atom. The minimum atomic E-state index is -0.116. The first-order valence-corrected chi connectivity index (χ1v) is 9.95. The second-order valence-electron chi connectivity index (χ2n) is 6.63. The Hall–Kier alpha value is -2.41. The normalized spacial score (nSPS) is 15.5. The topological polar surface area (TPSA) is 51.2 Å². The molecule has 0 radical (unpaired) electrons. The average Bonchev–Trinajstić information content (AvgIpc) is 2.72. The number of benzene rings is 2. The van der Waals surface area contributed by atoms with Crippen molar-refractivity contribution >= 4 is 27.5 Å². The Balaban J connectivity index is 1.76. The maximum atomic E-state index is 13.0. The van der Waals surface area contributed by atoms with Crippen LogP contribution in [0.4, 0.5) is 5.69 Å². The van der Waals surface area contributed by atoms with Crippen molar-refractivity contribution in [1.82, 2.24) is 4.90 Å². The Morgan fingerprint density at radius 1 is 1.25 bits per heavy atom. The van der Waals surface area contributed by atoms with Crippen LogP contribution in [0, 0.1) is 0 Å². The zero-order valence-corrected chi connectivity index (χ0v) is 18.2. The molecule has 2 aromatic carbocycles. The molecule has 150 valence electrons. The first-order chi connectivity index (χ1) is 13.5. The number of carbonyl (C=O) groups is 1. The molecule has 1 amide bonds. The molecular weight excluding hydrogens is 424 g/mol. The number of hydrogen-bond donors (Lipinski definition) is 0. The molecule has 1 atom stereocenters. The van der Waals surface area contributed by atoms with Gasteiger partial charge in [-0.3, -0.25) is 4.79 Å². The lowest BCUT2D eigenvalue weighted by atomic mass is 10.1. The molecule has 0 saturated carbocycles. The van der Waals surface area contributed by atoms with Crippen LogP contribution in [0.1, 0.15) is 17.3 Å². The number of methoxy groups -OCH3 is 2. The van der Waals surface area contributed by atoms with E-state index < -0.39 is 0 Å². The van der Waals surface area contributed by atoms with Gasteiger partial charge in [-0.2, -0.15) is 0 Å². The van der Waals surface area contributed by atoms with Crippen molar-refractivity contribution in [3.63, 3.8) is 0 Å². The van der Waals surface area contributed by atoms with Crippen molar-refractivity contribution < 1.29 is 19.0 Å². The molecular formula is C21H25BrN2O4. The van der Waals surface area contributed by atoms with Crippen LogP contribution in [0.3, 0.4) is 0 Å². The molecule has 28 heavy (non-hydrogen) atoms. The molecule has 0 spiro atoms. The van der Waals surface area contributed by atoms with Crippen LogP contribution in [0.5, 0.6) is 17.2 Å². The zero-order valence-electron chi connectivity index (χ0n) is 16.6. The van der Waals surface area contributed by atoms with E-state index in [2.05, 4.69) is 33.8 Å². The first-order valence-electron chi connectivity index (χ1n) is 9.16. The van der Waals surface area contributed by atoms with E-state index in [4.69, 9.17) is 14.2 Å². The largest absolute Gasteiger partial charge is 0.495 e. The molecule has 0 aliphatic carbocycles. The van der Waals surface area contributed by atoms with Gasteiger partial charge in [0, 0.05) is 19.2 Å². The highest BCUT2D eigenvalue weighted by molar-refractivity contribution is 9.10. The number of carbonyl (C=O) groups excluding carboxylic acids is 1. The lowest BCUT2D eigenvalue weighted by molar-refractivity contribution is 0.0709. The van der Waals surface area contributed by atoms with Crippen molar-refractivity contribution in [3.05, 3.63) is 46.4 Å². The van der Waals surface area contributed by atoms with Gasteiger partial charge in [-0.05, 0) is 47.1 Å². The van der Waals surface area contributed by atoms with Crippen molar-refractivity contribution in [2.24, 2.45) is 0 Å². The third kappa shape index (κ3) is 4.04. The highest BCUT2D eigenvalue weighted by Crippen LogP contribution is 2.36. The number of hydrogen-bond acceptors (Lipinski definition) is 5. The summed E-state index contributed by atoms with van der Waals surface area (Å²) in [7, 11) is 4.90. The summed E-state index contributed by atoms with van der Waals surface area (Å²) < 4.78 is 17.5. The van der Waals surface area contributed by atoms with Crippen LogP contribution in [0.15, 0.2) is 40.9 Å². The molecule has 7 heteroatoms. The highest BCUT2D eigenvalue weighted by atomic mass is 79.9. The van der Waals surface area contributed by atoms with Gasteiger partial charge >= 0.3 is 0 Å². The standard InChI is InChI=1S/C21H25BrN2O4/c1-5-24-13-15(28-17-9-7-6-8-16(17)24)12-23(2)21(25)14-10-18(26-3)20(22)19(11-14)27-4/h6-11,15H,5,12-13H2,1-4H3. The van der Waals surface area contributed by atoms with Gasteiger partial charge < -0.3 is 24.0 Å². The number of likely N-dealkylation sites (N-methyl/N-ethyl adjacent to an activating group) is 2. The SMILES string of the molecule is CCN1CC(CN(C)C(=O)c2cc(OC)c(Br)c(OC)c2)Oc2ccccc21. The third-order valence-electron chi connectivity index (χ3n) is 4.82. The minimum Gasteiger partial charge on any atom is -0.495 e. The van der Waals surface area contributed by atoms with E-state index in [0.717, 1.165) is 24.5 Å². The molecule has 3 rings (SSSR count). The summed E-state index contributed by atoms with van der Waals surface area (Å²) in [6.45, 7) is 4.21. The molecule has 1 aliphatic heterocycles. The fourth-order valence-corrected chi connectivity index (χ4v) is 3.93. The Kier molecular flexibility index (Phi) is 6.34. The van der Waals surface area contributed by atoms with E-state index in [-0.39, 0.29) is 12.0 Å². The molecule has 1 heterocycles. The fraction of sp³-hybridized carbons (Fsp3) is 0.381. The van der Waals surface area contributed by atoms with Crippen molar-refractivity contribution in [1.29, 1.82) is 0 Å². The van der Waals surface area contributed by atoms with E-state index >= 15 is 0 Å². The molecule has 6 nitrogen and oxygen atoms in total. The second-order valence-corrected chi connectivity index (χ2v) is 7.42. The van der Waals surface area contributed by atoms with Gasteiger partial charge in [0.2, 0.25) is 0 Å². The quantitative estimate of drug-likeness (QED) is 0.671. The number of para-hydroxylation sites is 2. The summed E-state index contributed by atoms with van der Waals surface area (Å²) in [5.74, 6) is 1.84.